The molecule has 1 saturated carbocycles. The summed E-state index contributed by atoms with van der Waals surface area (Å²) in [6.07, 6.45) is -2.93. The van der Waals surface area contributed by atoms with Crippen LogP contribution >= 0.6 is 0 Å². The zero-order valence-corrected chi connectivity index (χ0v) is 11.5. The number of hydrogen-bond donors (Lipinski definition) is 1. The highest BCUT2D eigenvalue weighted by molar-refractivity contribution is 5.99. The number of benzene rings is 1. The van der Waals surface area contributed by atoms with E-state index >= 15 is 0 Å². The number of nitrogens with zero attached hydrogens (tertiary/aromatic N) is 1. The van der Waals surface area contributed by atoms with Crippen molar-refractivity contribution in [1.29, 1.82) is 0 Å². The van der Waals surface area contributed by atoms with E-state index in [1.807, 2.05) is 0 Å². The Balaban J connectivity index is 2.30. The topological polar surface area (TPSA) is 46.3 Å². The Hall–Kier alpha value is -1.79. The lowest BCUT2D eigenvalue weighted by Crippen LogP contribution is -2.45. The second-order valence-corrected chi connectivity index (χ2v) is 5.36. The number of nitrogen functional groups attached to an aromatic ring is 1. The molecule has 1 aromatic rings. The van der Waals surface area contributed by atoms with Crippen molar-refractivity contribution in [3.8, 4) is 0 Å². The fraction of sp³-hybridized carbons (Fsp3) is 0.500. The van der Waals surface area contributed by atoms with Crippen molar-refractivity contribution in [2.24, 2.45) is 5.92 Å². The van der Waals surface area contributed by atoms with E-state index in [-0.39, 0.29) is 17.2 Å². The van der Waals surface area contributed by atoms with Gasteiger partial charge < -0.3 is 10.6 Å². The van der Waals surface area contributed by atoms with Crippen molar-refractivity contribution < 1.29 is 22.4 Å². The molecule has 1 amide bonds. The molecule has 1 aliphatic carbocycles. The normalized spacial score (nSPS) is 16.6. The van der Waals surface area contributed by atoms with Gasteiger partial charge in [-0.1, -0.05) is 0 Å². The number of halogens is 4. The largest absolute Gasteiger partial charge is 0.406 e. The van der Waals surface area contributed by atoms with Crippen LogP contribution in [0.25, 0.3) is 0 Å². The Labute approximate surface area is 119 Å². The molecule has 0 saturated heterocycles. The molecule has 116 valence electrons. The fourth-order valence-electron chi connectivity index (χ4n) is 2.30. The number of carbonyl (C=O) groups excluding carboxylic acids is 1. The molecule has 0 aromatic heterocycles. The van der Waals surface area contributed by atoms with Gasteiger partial charge in [-0.3, -0.25) is 4.79 Å². The van der Waals surface area contributed by atoms with E-state index in [1.165, 1.54) is 6.07 Å². The molecule has 7 heteroatoms. The van der Waals surface area contributed by atoms with Crippen LogP contribution < -0.4 is 5.73 Å². The predicted octanol–water partition coefficient (Wildman–Crippen LogP) is 3.21. The lowest BCUT2D eigenvalue weighted by molar-refractivity contribution is -0.144. The van der Waals surface area contributed by atoms with Gasteiger partial charge in [0.1, 0.15) is 12.4 Å². The average molecular weight is 304 g/mol. The van der Waals surface area contributed by atoms with Crippen LogP contribution in [-0.4, -0.2) is 29.6 Å². The third-order valence-corrected chi connectivity index (χ3v) is 3.65. The van der Waals surface area contributed by atoms with Gasteiger partial charge >= 0.3 is 6.18 Å². The van der Waals surface area contributed by atoms with Crippen molar-refractivity contribution in [3.63, 3.8) is 0 Å². The number of alkyl halides is 3. The standard InChI is InChI=1S/C14H16F4N2O/c1-8(9-2-3-9)20(7-14(16,17)18)13(21)11-6-10(15)4-5-12(11)19/h4-6,8-9H,2-3,7,19H2,1H3. The number of rotatable bonds is 4. The molecule has 0 heterocycles. The van der Waals surface area contributed by atoms with Crippen molar-refractivity contribution in [3.05, 3.63) is 29.6 Å². The zero-order chi connectivity index (χ0) is 15.8. The van der Waals surface area contributed by atoms with Crippen molar-refractivity contribution in [1.82, 2.24) is 4.90 Å². The molecule has 1 fully saturated rings. The van der Waals surface area contributed by atoms with Crippen LogP contribution in [-0.2, 0) is 0 Å². The molecule has 1 atom stereocenters. The van der Waals surface area contributed by atoms with Gasteiger partial charge in [-0.25, -0.2) is 4.39 Å². The summed E-state index contributed by atoms with van der Waals surface area (Å²) in [5, 5.41) is 0. The number of hydrogen-bond acceptors (Lipinski definition) is 2. The van der Waals surface area contributed by atoms with Gasteiger partial charge in [0.2, 0.25) is 0 Å². The van der Waals surface area contributed by atoms with Crippen LogP contribution in [0.3, 0.4) is 0 Å². The SMILES string of the molecule is CC(C1CC1)N(CC(F)(F)F)C(=O)c1cc(F)ccc1N. The van der Waals surface area contributed by atoms with Crippen molar-refractivity contribution >= 4 is 11.6 Å². The fourth-order valence-corrected chi connectivity index (χ4v) is 2.30. The molecule has 3 nitrogen and oxygen atoms in total. The van der Waals surface area contributed by atoms with Crippen LogP contribution in [0.1, 0.15) is 30.1 Å². The summed E-state index contributed by atoms with van der Waals surface area (Å²) in [5.74, 6) is -1.53. The van der Waals surface area contributed by atoms with Gasteiger partial charge in [0, 0.05) is 11.7 Å². The highest BCUT2D eigenvalue weighted by atomic mass is 19.4. The molecule has 0 spiro atoms. The predicted molar refractivity (Wildman–Crippen MR) is 70.1 cm³/mol. The van der Waals surface area contributed by atoms with Gasteiger partial charge in [0.15, 0.2) is 0 Å². The summed E-state index contributed by atoms with van der Waals surface area (Å²) < 4.78 is 51.4. The zero-order valence-electron chi connectivity index (χ0n) is 11.5. The first-order chi connectivity index (χ1) is 9.69. The summed E-state index contributed by atoms with van der Waals surface area (Å²) >= 11 is 0. The maximum absolute atomic E-state index is 13.2. The molecule has 0 bridgehead atoms. The smallest absolute Gasteiger partial charge is 0.398 e. The molecule has 0 aliphatic heterocycles. The van der Waals surface area contributed by atoms with Crippen LogP contribution in [0, 0.1) is 11.7 Å². The summed E-state index contributed by atoms with van der Waals surface area (Å²) in [6, 6.07) is 2.56. The third-order valence-electron chi connectivity index (χ3n) is 3.65. The van der Waals surface area contributed by atoms with E-state index in [9.17, 15) is 22.4 Å². The second kappa shape index (κ2) is 5.54. The van der Waals surface area contributed by atoms with Crippen LogP contribution in [0.4, 0.5) is 23.2 Å². The Bertz CT molecular complexity index is 540. The summed E-state index contributed by atoms with van der Waals surface area (Å²) in [6.45, 7) is 0.218. The molecular weight excluding hydrogens is 288 g/mol. The minimum atomic E-state index is -4.51. The average Bonchev–Trinajstić information content (AvgIpc) is 3.20. The molecular formula is C14H16F4N2O. The molecule has 2 rings (SSSR count). The van der Waals surface area contributed by atoms with E-state index in [0.717, 1.165) is 29.9 Å². The lowest BCUT2D eigenvalue weighted by atomic mass is 10.1. The number of carbonyl (C=O) groups is 1. The Morgan fingerprint density at radius 1 is 1.43 bits per heavy atom. The first-order valence-corrected chi connectivity index (χ1v) is 6.62. The summed E-state index contributed by atoms with van der Waals surface area (Å²) in [4.78, 5) is 13.1. The molecule has 1 unspecified atom stereocenters. The molecule has 1 aromatic carbocycles. The van der Waals surface area contributed by atoms with E-state index in [0.29, 0.717) is 0 Å². The van der Waals surface area contributed by atoms with Gasteiger partial charge in [0.25, 0.3) is 5.91 Å². The molecule has 21 heavy (non-hydrogen) atoms. The highest BCUT2D eigenvalue weighted by Crippen LogP contribution is 2.37. The van der Waals surface area contributed by atoms with Crippen molar-refractivity contribution in [2.75, 3.05) is 12.3 Å². The maximum atomic E-state index is 13.2. The Kier molecular flexibility index (Phi) is 4.11. The first kappa shape index (κ1) is 15.6. The maximum Gasteiger partial charge on any atom is 0.406 e. The molecule has 0 radical (unpaired) electrons. The van der Waals surface area contributed by atoms with Gasteiger partial charge in [-0.05, 0) is 43.9 Å². The number of nitrogens with two attached hydrogens (primary N) is 1. The molecule has 1 aliphatic rings. The van der Waals surface area contributed by atoms with E-state index in [1.54, 1.807) is 6.92 Å². The minimum Gasteiger partial charge on any atom is -0.398 e. The van der Waals surface area contributed by atoms with Crippen molar-refractivity contribution in [2.45, 2.75) is 32.0 Å². The van der Waals surface area contributed by atoms with E-state index < -0.39 is 30.5 Å². The van der Waals surface area contributed by atoms with Gasteiger partial charge in [0.05, 0.1) is 5.56 Å². The van der Waals surface area contributed by atoms with Crippen LogP contribution in [0.15, 0.2) is 18.2 Å². The number of anilines is 1. The Morgan fingerprint density at radius 3 is 2.57 bits per heavy atom. The molecule has 2 N–H and O–H groups in total. The van der Waals surface area contributed by atoms with Crippen LogP contribution in [0.2, 0.25) is 0 Å². The quantitative estimate of drug-likeness (QED) is 0.686. The highest BCUT2D eigenvalue weighted by Gasteiger charge is 2.41. The monoisotopic (exact) mass is 304 g/mol. The summed E-state index contributed by atoms with van der Waals surface area (Å²) in [5.41, 5.74) is 5.33. The van der Waals surface area contributed by atoms with Gasteiger partial charge in [-0.2, -0.15) is 13.2 Å². The van der Waals surface area contributed by atoms with Crippen LogP contribution in [0.5, 0.6) is 0 Å². The van der Waals surface area contributed by atoms with E-state index in [4.69, 9.17) is 5.73 Å². The van der Waals surface area contributed by atoms with Gasteiger partial charge in [-0.15, -0.1) is 0 Å². The first-order valence-electron chi connectivity index (χ1n) is 6.62. The number of amides is 1. The lowest BCUT2D eigenvalue weighted by Gasteiger charge is -2.30. The van der Waals surface area contributed by atoms with E-state index in [2.05, 4.69) is 0 Å². The Morgan fingerprint density at radius 2 is 2.05 bits per heavy atom. The summed E-state index contributed by atoms with van der Waals surface area (Å²) in [7, 11) is 0. The minimum absolute atomic E-state index is 0.0310. The third kappa shape index (κ3) is 3.86. The second-order valence-electron chi connectivity index (χ2n) is 5.36.